The first-order chi connectivity index (χ1) is 9.20. The first kappa shape index (κ1) is 13.8. The standard InChI is InChI=1S/C13H20N4O2/c1-10(17-7-5-14-6-8-17)13(18)16-11-3-4-12(19-2)15-9-11/h3-4,9-10,14H,5-8H2,1-2H3,(H,16,18). The van der Waals surface area contributed by atoms with E-state index in [0.717, 1.165) is 26.2 Å². The van der Waals surface area contributed by atoms with Crippen LogP contribution < -0.4 is 15.4 Å². The van der Waals surface area contributed by atoms with Crippen LogP contribution >= 0.6 is 0 Å². The van der Waals surface area contributed by atoms with Gasteiger partial charge in [0.2, 0.25) is 11.8 Å². The van der Waals surface area contributed by atoms with Gasteiger partial charge >= 0.3 is 0 Å². The fourth-order valence-corrected chi connectivity index (χ4v) is 2.06. The number of hydrogen-bond donors (Lipinski definition) is 2. The van der Waals surface area contributed by atoms with Crippen molar-refractivity contribution in [3.05, 3.63) is 18.3 Å². The first-order valence-corrected chi connectivity index (χ1v) is 6.46. The van der Waals surface area contributed by atoms with Gasteiger partial charge in [-0.3, -0.25) is 9.69 Å². The topological polar surface area (TPSA) is 66.5 Å². The summed E-state index contributed by atoms with van der Waals surface area (Å²) in [6.45, 7) is 5.59. The van der Waals surface area contributed by atoms with Crippen LogP contribution in [0.5, 0.6) is 5.88 Å². The van der Waals surface area contributed by atoms with Crippen molar-refractivity contribution in [2.45, 2.75) is 13.0 Å². The van der Waals surface area contributed by atoms with Crippen molar-refractivity contribution in [3.63, 3.8) is 0 Å². The van der Waals surface area contributed by atoms with Crippen molar-refractivity contribution in [2.75, 3.05) is 38.6 Å². The predicted octanol–water partition coefficient (Wildman–Crippen LogP) is 0.322. The molecule has 6 heteroatoms. The van der Waals surface area contributed by atoms with E-state index in [4.69, 9.17) is 4.74 Å². The third kappa shape index (κ3) is 3.65. The lowest BCUT2D eigenvalue weighted by molar-refractivity contribution is -0.120. The first-order valence-electron chi connectivity index (χ1n) is 6.46. The van der Waals surface area contributed by atoms with Gasteiger partial charge in [0.1, 0.15) is 0 Å². The molecule has 2 rings (SSSR count). The molecule has 0 aromatic carbocycles. The zero-order valence-electron chi connectivity index (χ0n) is 11.3. The highest BCUT2D eigenvalue weighted by atomic mass is 16.5. The van der Waals surface area contributed by atoms with E-state index < -0.39 is 0 Å². The summed E-state index contributed by atoms with van der Waals surface area (Å²) in [5.74, 6) is 0.530. The molecule has 0 saturated carbocycles. The maximum absolute atomic E-state index is 12.1. The van der Waals surface area contributed by atoms with E-state index in [-0.39, 0.29) is 11.9 Å². The normalized spacial score (nSPS) is 17.8. The summed E-state index contributed by atoms with van der Waals surface area (Å²) >= 11 is 0. The Morgan fingerprint density at radius 2 is 2.21 bits per heavy atom. The van der Waals surface area contributed by atoms with E-state index in [1.54, 1.807) is 25.4 Å². The van der Waals surface area contributed by atoms with Gasteiger partial charge in [0.05, 0.1) is 25.0 Å². The molecule has 1 saturated heterocycles. The maximum atomic E-state index is 12.1. The monoisotopic (exact) mass is 264 g/mol. The number of amides is 1. The second kappa shape index (κ2) is 6.49. The van der Waals surface area contributed by atoms with Crippen molar-refractivity contribution in [3.8, 4) is 5.88 Å². The van der Waals surface area contributed by atoms with Crippen LogP contribution in [0.4, 0.5) is 5.69 Å². The number of rotatable bonds is 4. The molecule has 6 nitrogen and oxygen atoms in total. The number of carbonyl (C=O) groups is 1. The summed E-state index contributed by atoms with van der Waals surface area (Å²) < 4.78 is 4.98. The smallest absolute Gasteiger partial charge is 0.241 e. The van der Waals surface area contributed by atoms with E-state index in [1.165, 1.54) is 0 Å². The van der Waals surface area contributed by atoms with Gasteiger partial charge in [-0.25, -0.2) is 4.98 Å². The lowest BCUT2D eigenvalue weighted by atomic mass is 10.2. The summed E-state index contributed by atoms with van der Waals surface area (Å²) in [5, 5.41) is 6.14. The van der Waals surface area contributed by atoms with Crippen molar-refractivity contribution < 1.29 is 9.53 Å². The maximum Gasteiger partial charge on any atom is 0.241 e. The molecular formula is C13H20N4O2. The second-order valence-corrected chi connectivity index (χ2v) is 4.54. The minimum absolute atomic E-state index is 0.00568. The Balaban J connectivity index is 1.91. The summed E-state index contributed by atoms with van der Waals surface area (Å²) in [7, 11) is 1.56. The number of pyridine rings is 1. The Bertz CT molecular complexity index is 415. The average molecular weight is 264 g/mol. The van der Waals surface area contributed by atoms with Crippen molar-refractivity contribution in [2.24, 2.45) is 0 Å². The van der Waals surface area contributed by atoms with E-state index in [0.29, 0.717) is 11.6 Å². The minimum atomic E-state index is -0.135. The van der Waals surface area contributed by atoms with Crippen LogP contribution in [0.25, 0.3) is 0 Å². The molecule has 1 unspecified atom stereocenters. The zero-order chi connectivity index (χ0) is 13.7. The largest absolute Gasteiger partial charge is 0.481 e. The summed E-state index contributed by atoms with van der Waals surface area (Å²) in [5.41, 5.74) is 0.688. The predicted molar refractivity (Wildman–Crippen MR) is 73.3 cm³/mol. The molecule has 1 aromatic rings. The summed E-state index contributed by atoms with van der Waals surface area (Å²) in [6.07, 6.45) is 1.60. The van der Waals surface area contributed by atoms with Crippen LogP contribution in [0.3, 0.4) is 0 Å². The number of aromatic nitrogens is 1. The molecule has 0 radical (unpaired) electrons. The zero-order valence-corrected chi connectivity index (χ0v) is 11.3. The van der Waals surface area contributed by atoms with Crippen LogP contribution in [-0.4, -0.2) is 55.1 Å². The molecular weight excluding hydrogens is 244 g/mol. The molecule has 1 amide bonds. The van der Waals surface area contributed by atoms with Gasteiger partial charge < -0.3 is 15.4 Å². The van der Waals surface area contributed by atoms with Crippen LogP contribution in [-0.2, 0) is 4.79 Å². The number of anilines is 1. The lowest BCUT2D eigenvalue weighted by Crippen LogP contribution is -2.51. The van der Waals surface area contributed by atoms with Crippen LogP contribution in [0.2, 0.25) is 0 Å². The fourth-order valence-electron chi connectivity index (χ4n) is 2.06. The number of methoxy groups -OCH3 is 1. The third-order valence-electron chi connectivity index (χ3n) is 3.29. The molecule has 19 heavy (non-hydrogen) atoms. The molecule has 2 heterocycles. The minimum Gasteiger partial charge on any atom is -0.481 e. The van der Waals surface area contributed by atoms with Gasteiger partial charge in [0.15, 0.2) is 0 Å². The van der Waals surface area contributed by atoms with Crippen LogP contribution in [0.1, 0.15) is 6.92 Å². The molecule has 0 spiro atoms. The Hall–Kier alpha value is -1.66. The second-order valence-electron chi connectivity index (χ2n) is 4.54. The third-order valence-corrected chi connectivity index (χ3v) is 3.29. The Morgan fingerprint density at radius 1 is 1.47 bits per heavy atom. The van der Waals surface area contributed by atoms with Crippen LogP contribution in [0, 0.1) is 0 Å². The van der Waals surface area contributed by atoms with E-state index in [2.05, 4.69) is 20.5 Å². The number of nitrogens with one attached hydrogen (secondary N) is 2. The van der Waals surface area contributed by atoms with Crippen molar-refractivity contribution in [1.29, 1.82) is 0 Å². The number of piperazine rings is 1. The average Bonchev–Trinajstić information content (AvgIpc) is 2.48. The molecule has 0 aliphatic carbocycles. The van der Waals surface area contributed by atoms with E-state index in [9.17, 15) is 4.79 Å². The van der Waals surface area contributed by atoms with Gasteiger partial charge in [-0.2, -0.15) is 0 Å². The number of carbonyl (C=O) groups excluding carboxylic acids is 1. The van der Waals surface area contributed by atoms with Gasteiger partial charge in [-0.05, 0) is 13.0 Å². The summed E-state index contributed by atoms with van der Waals surface area (Å²) in [4.78, 5) is 18.4. The summed E-state index contributed by atoms with van der Waals surface area (Å²) in [6, 6.07) is 3.38. The molecule has 1 aliphatic heterocycles. The molecule has 104 valence electrons. The molecule has 1 atom stereocenters. The number of nitrogens with zero attached hydrogens (tertiary/aromatic N) is 2. The SMILES string of the molecule is COc1ccc(NC(=O)C(C)N2CCNCC2)cn1. The highest BCUT2D eigenvalue weighted by Crippen LogP contribution is 2.12. The highest BCUT2D eigenvalue weighted by molar-refractivity contribution is 5.94. The fraction of sp³-hybridized carbons (Fsp3) is 0.538. The highest BCUT2D eigenvalue weighted by Gasteiger charge is 2.22. The molecule has 1 aromatic heterocycles. The van der Waals surface area contributed by atoms with Gasteiger partial charge in [-0.1, -0.05) is 0 Å². The lowest BCUT2D eigenvalue weighted by Gasteiger charge is -2.31. The molecule has 1 fully saturated rings. The Kier molecular flexibility index (Phi) is 4.70. The Labute approximate surface area is 113 Å². The molecule has 2 N–H and O–H groups in total. The number of ether oxygens (including phenoxy) is 1. The van der Waals surface area contributed by atoms with Crippen LogP contribution in [0.15, 0.2) is 18.3 Å². The van der Waals surface area contributed by atoms with Gasteiger partial charge in [0, 0.05) is 32.2 Å². The van der Waals surface area contributed by atoms with Crippen molar-refractivity contribution >= 4 is 11.6 Å². The van der Waals surface area contributed by atoms with Crippen molar-refractivity contribution in [1.82, 2.24) is 15.2 Å². The molecule has 0 bridgehead atoms. The van der Waals surface area contributed by atoms with E-state index >= 15 is 0 Å². The van der Waals surface area contributed by atoms with E-state index in [1.807, 2.05) is 6.92 Å². The van der Waals surface area contributed by atoms with Gasteiger partial charge in [0.25, 0.3) is 0 Å². The van der Waals surface area contributed by atoms with Gasteiger partial charge in [-0.15, -0.1) is 0 Å². The Morgan fingerprint density at radius 3 is 2.79 bits per heavy atom. The molecule has 1 aliphatic rings. The quantitative estimate of drug-likeness (QED) is 0.820. The number of hydrogen-bond acceptors (Lipinski definition) is 5.